The summed E-state index contributed by atoms with van der Waals surface area (Å²) < 4.78 is 2.35. The average Bonchev–Trinajstić information content (AvgIpc) is 4.15. The van der Waals surface area contributed by atoms with Crippen LogP contribution in [0.1, 0.15) is 66.6 Å². The number of fused-ring (bicyclic) bond motifs is 9. The number of nitrogens with zero attached hydrogens (tertiary/aromatic N) is 1. The molecule has 370 valence electrons. The molecule has 2 aliphatic carbocycles. The zero-order valence-corrected chi connectivity index (χ0v) is 44.9. The second-order valence-corrected chi connectivity index (χ2v) is 19.0. The van der Waals surface area contributed by atoms with Crippen LogP contribution in [0.5, 0.6) is 0 Å². The van der Waals surface area contributed by atoms with E-state index < -0.39 is 0 Å². The van der Waals surface area contributed by atoms with E-state index in [-0.39, 0.29) is 0 Å². The number of hydrogen-bond acceptors (Lipinski definition) is 0. The molecule has 0 radical (unpaired) electrons. The number of aromatic nitrogens is 1. The third kappa shape index (κ3) is 10.0. The van der Waals surface area contributed by atoms with Crippen LogP contribution in [0, 0.1) is 20.8 Å². The van der Waals surface area contributed by atoms with Gasteiger partial charge in [-0.05, 0) is 146 Å². The molecule has 76 heavy (non-hydrogen) atoms. The van der Waals surface area contributed by atoms with Crippen molar-refractivity contribution in [1.82, 2.24) is 4.57 Å². The first-order valence-corrected chi connectivity index (χ1v) is 27.0. The molecular formula is C75H65N. The van der Waals surface area contributed by atoms with Crippen LogP contribution in [0.25, 0.3) is 94.3 Å². The topological polar surface area (TPSA) is 4.93 Å². The number of hydrogen-bond donors (Lipinski definition) is 0. The molecule has 0 fully saturated rings. The highest BCUT2D eigenvalue weighted by molar-refractivity contribution is 6.19. The zero-order valence-electron chi connectivity index (χ0n) is 44.9. The monoisotopic (exact) mass is 980 g/mol. The van der Waals surface area contributed by atoms with Gasteiger partial charge >= 0.3 is 0 Å². The van der Waals surface area contributed by atoms with E-state index in [1.165, 1.54) is 133 Å². The third-order valence-electron chi connectivity index (χ3n) is 14.3. The van der Waals surface area contributed by atoms with Crippen molar-refractivity contribution in [2.24, 2.45) is 0 Å². The van der Waals surface area contributed by atoms with Gasteiger partial charge in [0.25, 0.3) is 0 Å². The Balaban J connectivity index is 0.000000127. The molecule has 0 amide bonds. The molecule has 1 heteroatoms. The first-order valence-electron chi connectivity index (χ1n) is 27.0. The number of rotatable bonds is 4. The fraction of sp³-hybridized carbons (Fsp3) is 0.0933. The van der Waals surface area contributed by atoms with E-state index in [1.807, 2.05) is 33.8 Å². The lowest BCUT2D eigenvalue weighted by atomic mass is 9.91. The molecule has 11 aromatic carbocycles. The normalized spacial score (nSPS) is 11.3. The quantitative estimate of drug-likeness (QED) is 0.166. The molecule has 12 aromatic rings. The Morgan fingerprint density at radius 2 is 0.592 bits per heavy atom. The molecule has 0 aliphatic heterocycles. The van der Waals surface area contributed by atoms with Gasteiger partial charge < -0.3 is 4.57 Å². The Hall–Kier alpha value is -9.04. The standard InChI is InChI=1S/C27H18.C25H19N.C19H16.2C2H6/c1-17-14-15-21-20-10-4-7-13-24(20)27(25(21)16-17)26-22-11-5-2-8-18(22)19-9-3-6-12-23(19)26;1-18-11-13-19(14-12-18)20-15-16-25-23(17-20)22-9-5-6-10-24(22)26(25)21-7-3-2-4-8-21;1-15-10-12-17(13-11-15)19-9-5-8-18(14-19)16-6-3-2-4-7-16;2*1-2/h2-16H,1H3;2-17H,1H3;2-14H,1H3;2*1-2H3. The summed E-state index contributed by atoms with van der Waals surface area (Å²) in [6.45, 7) is 14.4. The van der Waals surface area contributed by atoms with Gasteiger partial charge in [-0.3, -0.25) is 0 Å². The van der Waals surface area contributed by atoms with Gasteiger partial charge in [-0.1, -0.05) is 275 Å². The summed E-state index contributed by atoms with van der Waals surface area (Å²) >= 11 is 0. The lowest BCUT2D eigenvalue weighted by Crippen LogP contribution is -1.92. The van der Waals surface area contributed by atoms with Gasteiger partial charge in [0.1, 0.15) is 0 Å². The van der Waals surface area contributed by atoms with Crippen LogP contribution in [-0.4, -0.2) is 4.57 Å². The molecule has 2 aliphatic rings. The molecule has 1 heterocycles. The molecular weight excluding hydrogens is 915 g/mol. The molecule has 0 saturated carbocycles. The third-order valence-corrected chi connectivity index (χ3v) is 14.3. The van der Waals surface area contributed by atoms with E-state index in [4.69, 9.17) is 0 Å². The molecule has 0 atom stereocenters. The van der Waals surface area contributed by atoms with Gasteiger partial charge in [-0.25, -0.2) is 0 Å². The van der Waals surface area contributed by atoms with E-state index >= 15 is 0 Å². The smallest absolute Gasteiger partial charge is 0.0541 e. The highest BCUT2D eigenvalue weighted by Gasteiger charge is 2.32. The lowest BCUT2D eigenvalue weighted by molar-refractivity contribution is 1.18. The molecule has 0 spiro atoms. The van der Waals surface area contributed by atoms with Crippen molar-refractivity contribution in [2.75, 3.05) is 0 Å². The van der Waals surface area contributed by atoms with Gasteiger partial charge in [-0.2, -0.15) is 0 Å². The van der Waals surface area contributed by atoms with Crippen molar-refractivity contribution < 1.29 is 0 Å². The van der Waals surface area contributed by atoms with Gasteiger partial charge in [0.15, 0.2) is 0 Å². The SMILES string of the molecule is CC.CC.Cc1ccc(-c2ccc3c(c2)c2ccccc2n3-c2ccccc2)cc1.Cc1ccc(-c2cccc(-c3ccccc3)c2)cc1.Cc1ccc2c(c1)C(=C1c3ccccc3-c3ccccc31)c1ccccc1-2. The fourth-order valence-electron chi connectivity index (χ4n) is 10.7. The van der Waals surface area contributed by atoms with E-state index in [2.05, 4.69) is 286 Å². The molecule has 1 aromatic heterocycles. The summed E-state index contributed by atoms with van der Waals surface area (Å²) in [6, 6.07) is 96.0. The maximum Gasteiger partial charge on any atom is 0.0541 e. The van der Waals surface area contributed by atoms with Crippen molar-refractivity contribution in [1.29, 1.82) is 0 Å². The van der Waals surface area contributed by atoms with Crippen LogP contribution in [0.15, 0.2) is 267 Å². The van der Waals surface area contributed by atoms with Crippen LogP contribution in [0.4, 0.5) is 0 Å². The first kappa shape index (κ1) is 50.5. The Kier molecular flexibility index (Phi) is 15.3. The summed E-state index contributed by atoms with van der Waals surface area (Å²) in [5.74, 6) is 0. The maximum atomic E-state index is 2.35. The Labute approximate surface area is 450 Å². The highest BCUT2D eigenvalue weighted by Crippen LogP contribution is 2.54. The largest absolute Gasteiger partial charge is 0.309 e. The minimum Gasteiger partial charge on any atom is -0.309 e. The van der Waals surface area contributed by atoms with Gasteiger partial charge in [0.05, 0.1) is 11.0 Å². The Morgan fingerprint density at radius 1 is 0.224 bits per heavy atom. The van der Waals surface area contributed by atoms with Crippen LogP contribution < -0.4 is 0 Å². The molecule has 0 bridgehead atoms. The van der Waals surface area contributed by atoms with Crippen LogP contribution >= 0.6 is 0 Å². The molecule has 0 saturated heterocycles. The summed E-state index contributed by atoms with van der Waals surface area (Å²) in [4.78, 5) is 0. The average molecular weight is 980 g/mol. The summed E-state index contributed by atoms with van der Waals surface area (Å²) in [7, 11) is 0. The molecule has 1 nitrogen and oxygen atoms in total. The minimum absolute atomic E-state index is 1.20. The van der Waals surface area contributed by atoms with E-state index in [9.17, 15) is 0 Å². The van der Waals surface area contributed by atoms with E-state index in [0.717, 1.165) is 0 Å². The van der Waals surface area contributed by atoms with Gasteiger partial charge in [0, 0.05) is 16.5 Å². The fourth-order valence-corrected chi connectivity index (χ4v) is 10.7. The van der Waals surface area contributed by atoms with Crippen molar-refractivity contribution >= 4 is 33.0 Å². The number of aryl methyl sites for hydroxylation is 3. The minimum atomic E-state index is 1.20. The predicted molar refractivity (Wildman–Crippen MR) is 329 cm³/mol. The number of para-hydroxylation sites is 2. The Bertz CT molecular complexity index is 3920. The van der Waals surface area contributed by atoms with E-state index in [1.54, 1.807) is 0 Å². The molecule has 14 rings (SSSR count). The van der Waals surface area contributed by atoms with Gasteiger partial charge in [0.2, 0.25) is 0 Å². The zero-order chi connectivity index (χ0) is 52.5. The van der Waals surface area contributed by atoms with Crippen molar-refractivity contribution in [3.63, 3.8) is 0 Å². The second kappa shape index (κ2) is 23.0. The highest BCUT2D eigenvalue weighted by atomic mass is 15.0. The predicted octanol–water partition coefficient (Wildman–Crippen LogP) is 21.1. The van der Waals surface area contributed by atoms with Gasteiger partial charge in [-0.15, -0.1) is 0 Å². The van der Waals surface area contributed by atoms with Crippen LogP contribution in [-0.2, 0) is 0 Å². The second-order valence-electron chi connectivity index (χ2n) is 19.0. The van der Waals surface area contributed by atoms with Crippen LogP contribution in [0.3, 0.4) is 0 Å². The molecule has 0 N–H and O–H groups in total. The van der Waals surface area contributed by atoms with Crippen molar-refractivity contribution in [3.8, 4) is 61.3 Å². The van der Waals surface area contributed by atoms with Crippen molar-refractivity contribution in [3.05, 3.63) is 306 Å². The maximum absolute atomic E-state index is 2.35. The summed E-state index contributed by atoms with van der Waals surface area (Å²) in [5.41, 5.74) is 28.7. The summed E-state index contributed by atoms with van der Waals surface area (Å²) in [6.07, 6.45) is 0. The lowest BCUT2D eigenvalue weighted by Gasteiger charge is -2.11. The first-order chi connectivity index (χ1) is 37.5. The van der Waals surface area contributed by atoms with Crippen LogP contribution in [0.2, 0.25) is 0 Å². The summed E-state index contributed by atoms with van der Waals surface area (Å²) in [5, 5.41) is 2.59. The molecule has 0 unspecified atom stereocenters. The Morgan fingerprint density at radius 3 is 1.13 bits per heavy atom. The number of benzene rings is 11. The van der Waals surface area contributed by atoms with Crippen molar-refractivity contribution in [2.45, 2.75) is 48.5 Å². The van der Waals surface area contributed by atoms with E-state index in [0.29, 0.717) is 0 Å².